The van der Waals surface area contributed by atoms with Gasteiger partial charge in [-0.25, -0.2) is 4.79 Å². The fourth-order valence-electron chi connectivity index (χ4n) is 4.12. The molecule has 11 nitrogen and oxygen atoms in total. The molecule has 16 heteroatoms. The fraction of sp³-hybridized carbons (Fsp3) is 0.591. The number of methoxy groups -OCH3 is 1. The van der Waals surface area contributed by atoms with Gasteiger partial charge in [-0.1, -0.05) is 25.2 Å². The van der Waals surface area contributed by atoms with Gasteiger partial charge in [0, 0.05) is 24.9 Å². The third-order valence-electron chi connectivity index (χ3n) is 6.02. The summed E-state index contributed by atoms with van der Waals surface area (Å²) in [6.45, 7) is 6.28. The number of alkyl halides is 3. The van der Waals surface area contributed by atoms with Gasteiger partial charge in [-0.2, -0.15) is 21.6 Å². The number of fused-ring (bicyclic) bond motifs is 1. The van der Waals surface area contributed by atoms with Crippen LogP contribution in [0.2, 0.25) is 0 Å². The van der Waals surface area contributed by atoms with Crippen LogP contribution in [0.25, 0.3) is 0 Å². The highest BCUT2D eigenvalue weighted by Gasteiger charge is 2.46. The summed E-state index contributed by atoms with van der Waals surface area (Å²) in [5.74, 6) is -0.746. The number of hydrogen-bond donors (Lipinski definition) is 1. The number of nitrogens with one attached hydrogen (secondary N) is 1. The Bertz CT molecular complexity index is 1260. The van der Waals surface area contributed by atoms with E-state index in [0.29, 0.717) is 12.1 Å². The molecule has 1 N–H and O–H groups in total. The molecule has 0 spiro atoms. The molecule has 210 valence electrons. The maximum Gasteiger partial charge on any atom is 0.516 e. The van der Waals surface area contributed by atoms with E-state index in [1.807, 2.05) is 20.8 Å². The molecule has 0 amide bonds. The minimum Gasteiger partial charge on any atom is -0.458 e. The van der Waals surface area contributed by atoms with Crippen LogP contribution < -0.4 is 9.62 Å². The molecule has 1 unspecified atom stereocenters. The average Bonchev–Trinajstić information content (AvgIpc) is 3.33. The van der Waals surface area contributed by atoms with Gasteiger partial charge in [-0.3, -0.25) is 4.72 Å². The van der Waals surface area contributed by atoms with Crippen molar-refractivity contribution in [2.24, 2.45) is 10.2 Å². The van der Waals surface area contributed by atoms with Crippen molar-refractivity contribution in [1.29, 1.82) is 0 Å². The van der Waals surface area contributed by atoms with Gasteiger partial charge < -0.3 is 14.4 Å². The number of rotatable bonds is 11. The van der Waals surface area contributed by atoms with E-state index in [4.69, 9.17) is 9.47 Å². The molecule has 1 aromatic heterocycles. The van der Waals surface area contributed by atoms with E-state index in [1.165, 1.54) is 19.2 Å². The summed E-state index contributed by atoms with van der Waals surface area (Å²) in [6, 6.07) is 3.12. The summed E-state index contributed by atoms with van der Waals surface area (Å²) >= 11 is 0.756. The lowest BCUT2D eigenvalue weighted by Crippen LogP contribution is -2.44. The fourth-order valence-corrected chi connectivity index (χ4v) is 5.25. The quantitative estimate of drug-likeness (QED) is 0.214. The van der Waals surface area contributed by atoms with Crippen molar-refractivity contribution in [3.8, 4) is 0 Å². The second-order valence-corrected chi connectivity index (χ2v) is 11.2. The summed E-state index contributed by atoms with van der Waals surface area (Å²) in [6.07, 6.45) is 3.04. The van der Waals surface area contributed by atoms with E-state index in [0.717, 1.165) is 36.2 Å². The number of carbonyl (C=O) groups excluding carboxylic acids is 1. The number of aromatic nitrogens is 2. The van der Waals surface area contributed by atoms with Crippen LogP contribution in [-0.2, 0) is 25.9 Å². The summed E-state index contributed by atoms with van der Waals surface area (Å²) in [5.41, 5.74) is -4.59. The third-order valence-corrected chi connectivity index (χ3v) is 7.90. The molecule has 1 aromatic carbocycles. The Hall–Kier alpha value is -2.85. The maximum atomic E-state index is 13.2. The molecule has 1 aliphatic rings. The highest BCUT2D eigenvalue weighted by molar-refractivity contribution is 7.93. The van der Waals surface area contributed by atoms with E-state index < -0.39 is 21.5 Å². The van der Waals surface area contributed by atoms with Crippen molar-refractivity contribution in [3.05, 3.63) is 22.7 Å². The Morgan fingerprint density at radius 2 is 1.95 bits per heavy atom. The van der Waals surface area contributed by atoms with Gasteiger partial charge in [0.25, 0.3) is 5.13 Å². The molecule has 0 saturated carbocycles. The van der Waals surface area contributed by atoms with Gasteiger partial charge in [-0.15, -0.1) is 20.4 Å². The number of halogens is 3. The second-order valence-electron chi connectivity index (χ2n) is 8.53. The van der Waals surface area contributed by atoms with Crippen LogP contribution in [0.3, 0.4) is 0 Å². The highest BCUT2D eigenvalue weighted by atomic mass is 32.2. The minimum absolute atomic E-state index is 0.0101. The molecule has 3 rings (SSSR count). The number of sulfonamides is 1. The van der Waals surface area contributed by atoms with Crippen LogP contribution in [0.5, 0.6) is 0 Å². The van der Waals surface area contributed by atoms with Crippen LogP contribution in [-0.4, -0.2) is 62.5 Å². The topological polar surface area (TPSA) is 135 Å². The third kappa shape index (κ3) is 6.77. The van der Waals surface area contributed by atoms with Gasteiger partial charge >= 0.3 is 21.5 Å². The maximum absolute atomic E-state index is 13.2. The number of azo groups is 1. The number of anilines is 2. The van der Waals surface area contributed by atoms with Crippen LogP contribution in [0.15, 0.2) is 22.4 Å². The van der Waals surface area contributed by atoms with Crippen LogP contribution in [0.4, 0.5) is 35.4 Å². The number of nitrogens with zero attached hydrogens (tertiary/aromatic N) is 5. The lowest BCUT2D eigenvalue weighted by Gasteiger charge is -2.42. The molecule has 2 aromatic rings. The van der Waals surface area contributed by atoms with Crippen LogP contribution in [0, 0.1) is 0 Å². The SMILES string of the molecule is CCC(CC)N1c2cc(NS(=O)(=O)C(F)(F)F)c(N=Nc3nnc(C(=O)OCCOC)s3)cc2CCC1C. The Labute approximate surface area is 222 Å². The number of carbonyl (C=O) groups is 1. The normalized spacial score (nSPS) is 16.2. The van der Waals surface area contributed by atoms with Crippen molar-refractivity contribution in [2.45, 2.75) is 64.0 Å². The molecular weight excluding hydrogens is 549 g/mol. The smallest absolute Gasteiger partial charge is 0.458 e. The molecule has 0 bridgehead atoms. The molecule has 0 radical (unpaired) electrons. The van der Waals surface area contributed by atoms with Crippen molar-refractivity contribution >= 4 is 49.5 Å². The zero-order valence-corrected chi connectivity index (χ0v) is 22.9. The van der Waals surface area contributed by atoms with E-state index in [2.05, 4.69) is 25.3 Å². The molecule has 0 saturated heterocycles. The first-order valence-corrected chi connectivity index (χ1v) is 14.2. The number of esters is 1. The summed E-state index contributed by atoms with van der Waals surface area (Å²) in [7, 11) is -4.28. The molecule has 1 aliphatic heterocycles. The van der Waals surface area contributed by atoms with Crippen molar-refractivity contribution in [3.63, 3.8) is 0 Å². The number of aryl methyl sites for hydroxylation is 1. The highest BCUT2D eigenvalue weighted by Crippen LogP contribution is 2.42. The van der Waals surface area contributed by atoms with Gasteiger partial charge in [0.2, 0.25) is 5.01 Å². The average molecular weight is 579 g/mol. The summed E-state index contributed by atoms with van der Waals surface area (Å²) in [5, 5.41) is 15.1. The Morgan fingerprint density at radius 3 is 2.58 bits per heavy atom. The lowest BCUT2D eigenvalue weighted by molar-refractivity contribution is -0.0429. The number of hydrogen-bond acceptors (Lipinski definition) is 11. The van der Waals surface area contributed by atoms with Crippen molar-refractivity contribution in [2.75, 3.05) is 29.9 Å². The largest absolute Gasteiger partial charge is 0.516 e. The van der Waals surface area contributed by atoms with Crippen LogP contribution >= 0.6 is 11.3 Å². The second kappa shape index (κ2) is 12.3. The molecule has 1 atom stereocenters. The summed E-state index contributed by atoms with van der Waals surface area (Å²) < 4.78 is 75.0. The van der Waals surface area contributed by atoms with E-state index in [9.17, 15) is 26.4 Å². The number of benzene rings is 1. The van der Waals surface area contributed by atoms with E-state index in [1.54, 1.807) is 4.72 Å². The number of ether oxygens (including phenoxy) is 2. The first kappa shape index (κ1) is 29.7. The molecule has 0 fully saturated rings. The van der Waals surface area contributed by atoms with Crippen molar-refractivity contribution < 1.29 is 35.9 Å². The van der Waals surface area contributed by atoms with Crippen molar-refractivity contribution in [1.82, 2.24) is 10.2 Å². The molecular formula is C22H29F3N6O5S2. The zero-order chi connectivity index (χ0) is 28.1. The monoisotopic (exact) mass is 578 g/mol. The lowest BCUT2D eigenvalue weighted by atomic mass is 9.92. The Balaban J connectivity index is 2.01. The predicted octanol–water partition coefficient (Wildman–Crippen LogP) is 5.35. The molecule has 38 heavy (non-hydrogen) atoms. The first-order valence-electron chi connectivity index (χ1n) is 11.9. The van der Waals surface area contributed by atoms with Crippen LogP contribution in [0.1, 0.15) is 55.4 Å². The van der Waals surface area contributed by atoms with Gasteiger partial charge in [0.1, 0.15) is 12.3 Å². The van der Waals surface area contributed by atoms with Gasteiger partial charge in [0.05, 0.1) is 12.3 Å². The first-order chi connectivity index (χ1) is 17.9. The predicted molar refractivity (Wildman–Crippen MR) is 136 cm³/mol. The van der Waals surface area contributed by atoms with Gasteiger partial charge in [-0.05, 0) is 50.3 Å². The van der Waals surface area contributed by atoms with E-state index >= 15 is 0 Å². The molecule has 2 heterocycles. The minimum atomic E-state index is -5.73. The molecule has 0 aliphatic carbocycles. The van der Waals surface area contributed by atoms with E-state index in [-0.39, 0.29) is 46.8 Å². The Kier molecular flexibility index (Phi) is 9.64. The van der Waals surface area contributed by atoms with Gasteiger partial charge in [0.15, 0.2) is 0 Å². The summed E-state index contributed by atoms with van der Waals surface area (Å²) in [4.78, 5) is 14.1. The Morgan fingerprint density at radius 1 is 1.24 bits per heavy atom. The zero-order valence-electron chi connectivity index (χ0n) is 21.3. The standard InChI is InChI=1S/C22H29F3N6O5S2/c1-5-15(6-2)31-13(3)7-8-14-11-16(17(12-18(14)31)30-38(33,34)22(23,24)25)26-28-21-29-27-19(37-21)20(32)36-10-9-35-4/h11-13,15,30H,5-10H2,1-4H3.